The van der Waals surface area contributed by atoms with E-state index < -0.39 is 30.0 Å². The smallest absolute Gasteiger partial charge is 0.296 e. The van der Waals surface area contributed by atoms with Crippen molar-refractivity contribution in [1.82, 2.24) is 24.9 Å². The molecular formula is C39H39Cl2N13O7S5. The van der Waals surface area contributed by atoms with Crippen LogP contribution in [0.2, 0.25) is 10.0 Å². The summed E-state index contributed by atoms with van der Waals surface area (Å²) in [5.74, 6) is 0.467. The number of anilines is 6. The lowest BCUT2D eigenvalue weighted by Crippen LogP contribution is -2.21. The Morgan fingerprint density at radius 2 is 1.05 bits per heavy atom. The topological polar surface area (TPSA) is 273 Å². The molecule has 7 aromatic rings. The van der Waals surface area contributed by atoms with E-state index in [0.717, 1.165) is 46.2 Å². The van der Waals surface area contributed by atoms with Gasteiger partial charge in [-0.2, -0.15) is 31.8 Å². The summed E-state index contributed by atoms with van der Waals surface area (Å²) in [5, 5.41) is 34.5. The molecule has 0 unspecified atom stereocenters. The van der Waals surface area contributed by atoms with Gasteiger partial charge in [0, 0.05) is 53.4 Å². The number of hydrogen-bond donors (Lipinski definition) is 5. The molecule has 3 heterocycles. The number of rotatable bonds is 19. The minimum absolute atomic E-state index is 0.00200. The zero-order valence-electron chi connectivity index (χ0n) is 35.2. The zero-order chi connectivity index (χ0) is 47.3. The summed E-state index contributed by atoms with van der Waals surface area (Å²) in [4.78, 5) is 26.0. The van der Waals surface area contributed by atoms with Crippen molar-refractivity contribution >= 4 is 155 Å². The predicted octanol–water partition coefficient (Wildman–Crippen LogP) is 11.0. The average Bonchev–Trinajstić information content (AvgIpc) is 3.88. The summed E-state index contributed by atoms with van der Waals surface area (Å²) >= 11 is 15.5. The summed E-state index contributed by atoms with van der Waals surface area (Å²) < 4.78 is 68.8. The number of aliphatic hydroxyl groups excluding tert-OH is 1. The van der Waals surface area contributed by atoms with Crippen LogP contribution in [0.4, 0.5) is 56.3 Å². The van der Waals surface area contributed by atoms with Gasteiger partial charge in [-0.25, -0.2) is 9.97 Å². The SMILES string of the molecule is CCN(CC)c1ccc(/N=N/c2nc3c(S(=O)(=O)O)cc(Cl)cc3s2)c(Nc2nc(Nc3cc(N(CC)CC)ccc3/N=N/c3nc4c(S(=O)(=O)O)cc(Cl)cc4s3)nc(SCCO)n2)c1. The Morgan fingerprint density at radius 1 is 0.621 bits per heavy atom. The van der Waals surface area contributed by atoms with E-state index in [2.05, 4.69) is 60.8 Å². The maximum absolute atomic E-state index is 12.1. The van der Waals surface area contributed by atoms with Gasteiger partial charge >= 0.3 is 0 Å². The van der Waals surface area contributed by atoms with Gasteiger partial charge in [-0.05, 0) is 88.4 Å². The number of aliphatic hydroxyl groups is 1. The van der Waals surface area contributed by atoms with Crippen molar-refractivity contribution in [3.05, 3.63) is 70.7 Å². The molecule has 0 aliphatic rings. The Hall–Kier alpha value is -5.22. The van der Waals surface area contributed by atoms with Crippen LogP contribution in [0.1, 0.15) is 27.7 Å². The van der Waals surface area contributed by atoms with Gasteiger partial charge in [0.05, 0.1) is 27.4 Å². The average molecular weight is 1030 g/mol. The Bertz CT molecular complexity index is 3020. The van der Waals surface area contributed by atoms with E-state index in [1.807, 2.05) is 52.0 Å². The number of nitrogens with one attached hydrogen (secondary N) is 2. The Labute approximate surface area is 400 Å². The molecule has 0 aliphatic heterocycles. The molecule has 3 aromatic heterocycles. The van der Waals surface area contributed by atoms with Crippen molar-refractivity contribution in [3.8, 4) is 0 Å². The summed E-state index contributed by atoms with van der Waals surface area (Å²) in [5.41, 5.74) is 3.26. The molecule has 0 atom stereocenters. The number of thiazole rings is 2. The minimum Gasteiger partial charge on any atom is -0.396 e. The number of halogens is 2. The largest absolute Gasteiger partial charge is 0.396 e. The highest BCUT2D eigenvalue weighted by molar-refractivity contribution is 7.99. The first-order valence-corrected chi connectivity index (χ1v) is 26.1. The molecule has 4 aromatic carbocycles. The number of hydrogen-bond acceptors (Lipinski definition) is 21. The third kappa shape index (κ3) is 11.5. The van der Waals surface area contributed by atoms with Crippen molar-refractivity contribution < 1.29 is 31.0 Å². The Kier molecular flexibility index (Phi) is 15.3. The molecule has 0 aliphatic carbocycles. The van der Waals surface area contributed by atoms with Gasteiger partial charge in [0.15, 0.2) is 5.16 Å². The molecule has 5 N–H and O–H groups in total. The number of benzene rings is 4. The van der Waals surface area contributed by atoms with Gasteiger partial charge in [-0.3, -0.25) is 9.11 Å². The summed E-state index contributed by atoms with van der Waals surface area (Å²) in [6.45, 7) is 10.8. The standard InChI is InChI=1S/C39H39Cl2N13O7S5/c1-5-53(6-2)23-9-11-25(49-51-38-44-33-29(63-38)15-21(40)17-31(33)65(56,57)58)27(19-23)42-35-46-36(48-37(47-35)62-14-13-55)43-28-20-24(54(7-3)8-4)10-12-26(28)50-52-39-45-34-30(64-39)16-22(41)18-32(34)66(59,60)61/h9-12,15-20,55H,5-8,13-14H2,1-4H3,(H,56,57,58)(H,59,60,61)(H2,42,43,46,47,48)/b51-49+,52-50+. The van der Waals surface area contributed by atoms with Gasteiger partial charge in [0.1, 0.15) is 32.2 Å². The Morgan fingerprint density at radius 3 is 1.42 bits per heavy atom. The zero-order valence-corrected chi connectivity index (χ0v) is 40.8. The van der Waals surface area contributed by atoms with Crippen LogP contribution in [0.3, 0.4) is 0 Å². The van der Waals surface area contributed by atoms with Crippen molar-refractivity contribution in [2.75, 3.05) is 59.0 Å². The van der Waals surface area contributed by atoms with Crippen molar-refractivity contribution in [1.29, 1.82) is 0 Å². The second-order valence-corrected chi connectivity index (χ2v) is 20.4. The fourth-order valence-corrected chi connectivity index (χ4v) is 10.9. The molecule has 7 rings (SSSR count). The minimum atomic E-state index is -4.64. The van der Waals surface area contributed by atoms with Crippen LogP contribution in [0.5, 0.6) is 0 Å². The third-order valence-electron chi connectivity index (χ3n) is 9.52. The highest BCUT2D eigenvalue weighted by atomic mass is 35.5. The molecule has 27 heteroatoms. The molecule has 0 saturated carbocycles. The van der Waals surface area contributed by atoms with E-state index in [0.29, 0.717) is 58.3 Å². The summed E-state index contributed by atoms with van der Waals surface area (Å²) in [7, 11) is -9.29. The number of nitrogens with zero attached hydrogens (tertiary/aromatic N) is 11. The molecule has 0 radical (unpaired) electrons. The van der Waals surface area contributed by atoms with Crippen molar-refractivity contribution in [2.45, 2.75) is 42.6 Å². The molecule has 0 amide bonds. The molecule has 20 nitrogen and oxygen atoms in total. The van der Waals surface area contributed by atoms with Gasteiger partial charge in [-0.15, -0.1) is 20.5 Å². The quantitative estimate of drug-likeness (QED) is 0.0286. The second-order valence-electron chi connectivity index (χ2n) is 13.7. The lowest BCUT2D eigenvalue weighted by molar-refractivity contribution is 0.322. The molecule has 0 saturated heterocycles. The molecule has 0 bridgehead atoms. The first-order valence-electron chi connectivity index (χ1n) is 19.8. The second kappa shape index (κ2) is 20.7. The van der Waals surface area contributed by atoms with E-state index in [1.165, 1.54) is 23.9 Å². The predicted molar refractivity (Wildman–Crippen MR) is 261 cm³/mol. The highest BCUT2D eigenvalue weighted by Crippen LogP contribution is 2.40. The van der Waals surface area contributed by atoms with Gasteiger partial charge in [-0.1, -0.05) is 57.6 Å². The molecule has 0 fully saturated rings. The molecule has 66 heavy (non-hydrogen) atoms. The lowest BCUT2D eigenvalue weighted by atomic mass is 10.2. The normalized spacial score (nSPS) is 12.3. The van der Waals surface area contributed by atoms with E-state index in [4.69, 9.17) is 28.2 Å². The number of fused-ring (bicyclic) bond motifs is 2. The summed E-state index contributed by atoms with van der Waals surface area (Å²) in [6, 6.07) is 16.2. The van der Waals surface area contributed by atoms with Crippen LogP contribution in [-0.2, 0) is 20.2 Å². The van der Waals surface area contributed by atoms with Crippen molar-refractivity contribution in [3.63, 3.8) is 0 Å². The molecule has 0 spiro atoms. The lowest BCUT2D eigenvalue weighted by Gasteiger charge is -2.22. The van der Waals surface area contributed by atoms with Crippen LogP contribution in [-0.4, -0.2) is 94.5 Å². The highest BCUT2D eigenvalue weighted by Gasteiger charge is 2.22. The number of aromatic nitrogens is 5. The van der Waals surface area contributed by atoms with Crippen LogP contribution < -0.4 is 20.4 Å². The fraction of sp³-hybridized carbons (Fsp3) is 0.256. The van der Waals surface area contributed by atoms with Gasteiger partial charge in [0.25, 0.3) is 20.2 Å². The third-order valence-corrected chi connectivity index (χ3v) is 14.3. The maximum Gasteiger partial charge on any atom is 0.296 e. The monoisotopic (exact) mass is 1030 g/mol. The van der Waals surface area contributed by atoms with Crippen LogP contribution in [0, 0.1) is 0 Å². The van der Waals surface area contributed by atoms with Gasteiger partial charge < -0.3 is 25.5 Å². The number of azo groups is 2. The van der Waals surface area contributed by atoms with Gasteiger partial charge in [0.2, 0.25) is 22.2 Å². The first-order chi connectivity index (χ1) is 31.5. The number of thioether (sulfide) groups is 1. The van der Waals surface area contributed by atoms with Crippen LogP contribution in [0.25, 0.3) is 20.4 Å². The maximum atomic E-state index is 12.1. The van der Waals surface area contributed by atoms with Crippen LogP contribution >= 0.6 is 57.6 Å². The first kappa shape index (κ1) is 48.7. The molecule has 346 valence electrons. The van der Waals surface area contributed by atoms with E-state index in [9.17, 15) is 31.0 Å². The van der Waals surface area contributed by atoms with E-state index in [-0.39, 0.29) is 60.8 Å². The van der Waals surface area contributed by atoms with E-state index >= 15 is 0 Å². The van der Waals surface area contributed by atoms with E-state index in [1.54, 1.807) is 12.1 Å². The molecular weight excluding hydrogens is 994 g/mol. The Balaban J connectivity index is 1.28. The fourth-order valence-electron chi connectivity index (χ4n) is 6.49. The summed E-state index contributed by atoms with van der Waals surface area (Å²) in [6.07, 6.45) is 0. The van der Waals surface area contributed by atoms with Crippen LogP contribution in [0.15, 0.2) is 96.1 Å². The van der Waals surface area contributed by atoms with Crippen molar-refractivity contribution in [2.24, 2.45) is 20.5 Å².